The third kappa shape index (κ3) is 3.14. The van der Waals surface area contributed by atoms with E-state index in [9.17, 15) is 0 Å². The van der Waals surface area contributed by atoms with Gasteiger partial charge in [0.1, 0.15) is 0 Å². The van der Waals surface area contributed by atoms with Crippen molar-refractivity contribution >= 4 is 10.9 Å². The number of fused-ring (bicyclic) bond motifs is 1. The number of nitrogens with zero attached hydrogens (tertiary/aromatic N) is 2. The number of H-pyrrole nitrogens is 1. The smallest absolute Gasteiger partial charge is 0.0488 e. The van der Waals surface area contributed by atoms with E-state index in [2.05, 4.69) is 53.9 Å². The predicted molar refractivity (Wildman–Crippen MR) is 90.0 cm³/mol. The van der Waals surface area contributed by atoms with E-state index in [1.807, 2.05) is 0 Å². The van der Waals surface area contributed by atoms with Crippen LogP contribution < -0.4 is 0 Å². The molecule has 3 heteroatoms. The van der Waals surface area contributed by atoms with Gasteiger partial charge in [0.2, 0.25) is 0 Å². The Morgan fingerprint density at radius 1 is 1.10 bits per heavy atom. The molecule has 0 atom stereocenters. The molecule has 3 nitrogen and oxygen atoms in total. The van der Waals surface area contributed by atoms with Gasteiger partial charge in [-0.25, -0.2) is 0 Å². The van der Waals surface area contributed by atoms with Crippen molar-refractivity contribution in [2.24, 2.45) is 0 Å². The number of nitrogens with one attached hydrogen (secondary N) is 1. The zero-order chi connectivity index (χ0) is 14.8. The second-order valence-electron chi connectivity index (χ2n) is 6.47. The SMILES string of the molecule is Cc1c(CCCN2CCN(C)CC2)[nH]c2c(C)cccc12. The van der Waals surface area contributed by atoms with E-state index in [4.69, 9.17) is 0 Å². The van der Waals surface area contributed by atoms with Crippen LogP contribution in [-0.4, -0.2) is 54.6 Å². The first-order valence-corrected chi connectivity index (χ1v) is 8.13. The number of rotatable bonds is 4. The summed E-state index contributed by atoms with van der Waals surface area (Å²) in [5.74, 6) is 0. The number of aryl methyl sites for hydroxylation is 3. The van der Waals surface area contributed by atoms with Crippen LogP contribution in [0.1, 0.15) is 23.2 Å². The summed E-state index contributed by atoms with van der Waals surface area (Å²) in [7, 11) is 2.22. The van der Waals surface area contributed by atoms with Gasteiger partial charge in [0.15, 0.2) is 0 Å². The van der Waals surface area contributed by atoms with Gasteiger partial charge in [-0.05, 0) is 51.4 Å². The summed E-state index contributed by atoms with van der Waals surface area (Å²) in [6, 6.07) is 6.58. The highest BCUT2D eigenvalue weighted by molar-refractivity contribution is 5.86. The predicted octanol–water partition coefficient (Wildman–Crippen LogP) is 2.96. The Morgan fingerprint density at radius 3 is 2.57 bits per heavy atom. The van der Waals surface area contributed by atoms with E-state index >= 15 is 0 Å². The van der Waals surface area contributed by atoms with Gasteiger partial charge in [-0.2, -0.15) is 0 Å². The summed E-state index contributed by atoms with van der Waals surface area (Å²) in [6.07, 6.45) is 2.41. The Hall–Kier alpha value is -1.32. The van der Waals surface area contributed by atoms with E-state index in [-0.39, 0.29) is 0 Å². The zero-order valence-electron chi connectivity index (χ0n) is 13.6. The number of hydrogen-bond donors (Lipinski definition) is 1. The molecule has 0 bridgehead atoms. The summed E-state index contributed by atoms with van der Waals surface area (Å²) in [6.45, 7) is 10.5. The largest absolute Gasteiger partial charge is 0.358 e. The van der Waals surface area contributed by atoms with Crippen LogP contribution in [0.15, 0.2) is 18.2 Å². The highest BCUT2D eigenvalue weighted by Gasteiger charge is 2.14. The minimum absolute atomic E-state index is 1.16. The van der Waals surface area contributed by atoms with Crippen LogP contribution in [0.25, 0.3) is 10.9 Å². The van der Waals surface area contributed by atoms with Crippen molar-refractivity contribution in [1.82, 2.24) is 14.8 Å². The lowest BCUT2D eigenvalue weighted by molar-refractivity contribution is 0.153. The van der Waals surface area contributed by atoms with Crippen LogP contribution in [0.4, 0.5) is 0 Å². The molecule has 1 N–H and O–H groups in total. The topological polar surface area (TPSA) is 22.3 Å². The maximum Gasteiger partial charge on any atom is 0.0488 e. The van der Waals surface area contributed by atoms with Crippen molar-refractivity contribution in [3.05, 3.63) is 35.0 Å². The number of aromatic amines is 1. The molecule has 0 radical (unpaired) electrons. The Balaban J connectivity index is 1.61. The Bertz CT molecular complexity index is 606. The fourth-order valence-electron chi connectivity index (χ4n) is 3.35. The Labute approximate surface area is 127 Å². The summed E-state index contributed by atoms with van der Waals surface area (Å²) in [5.41, 5.74) is 5.53. The molecule has 1 fully saturated rings. The highest BCUT2D eigenvalue weighted by Crippen LogP contribution is 2.25. The number of likely N-dealkylation sites (N-methyl/N-ethyl adjacent to an activating group) is 1. The van der Waals surface area contributed by atoms with Crippen molar-refractivity contribution < 1.29 is 0 Å². The van der Waals surface area contributed by atoms with Gasteiger partial charge in [-0.3, -0.25) is 0 Å². The summed E-state index contributed by atoms with van der Waals surface area (Å²) < 4.78 is 0. The standard InChI is InChI=1S/C18H27N3/c1-14-6-4-7-16-15(2)17(19-18(14)16)8-5-9-21-12-10-20(3)11-13-21/h4,6-7,19H,5,8-13H2,1-3H3. The van der Waals surface area contributed by atoms with Gasteiger partial charge >= 0.3 is 0 Å². The van der Waals surface area contributed by atoms with E-state index in [1.54, 1.807) is 0 Å². The molecule has 0 aliphatic carbocycles. The molecular weight excluding hydrogens is 258 g/mol. The molecule has 1 saturated heterocycles. The number of aromatic nitrogens is 1. The first-order chi connectivity index (χ1) is 10.1. The molecule has 0 saturated carbocycles. The van der Waals surface area contributed by atoms with Crippen LogP contribution in [-0.2, 0) is 6.42 Å². The van der Waals surface area contributed by atoms with Crippen molar-refractivity contribution in [3.63, 3.8) is 0 Å². The van der Waals surface area contributed by atoms with Crippen LogP contribution in [0.3, 0.4) is 0 Å². The molecule has 2 heterocycles. The van der Waals surface area contributed by atoms with Gasteiger partial charge in [-0.15, -0.1) is 0 Å². The number of piperazine rings is 1. The lowest BCUT2D eigenvalue weighted by Gasteiger charge is -2.32. The minimum Gasteiger partial charge on any atom is -0.358 e. The fourth-order valence-corrected chi connectivity index (χ4v) is 3.35. The molecule has 1 aliphatic rings. The fraction of sp³-hybridized carbons (Fsp3) is 0.556. The maximum atomic E-state index is 3.65. The van der Waals surface area contributed by atoms with Gasteiger partial charge in [-0.1, -0.05) is 18.2 Å². The van der Waals surface area contributed by atoms with Gasteiger partial charge < -0.3 is 14.8 Å². The van der Waals surface area contributed by atoms with E-state index in [0.29, 0.717) is 0 Å². The Morgan fingerprint density at radius 2 is 1.86 bits per heavy atom. The molecule has 1 aromatic carbocycles. The second-order valence-corrected chi connectivity index (χ2v) is 6.47. The minimum atomic E-state index is 1.16. The Kier molecular flexibility index (Phi) is 4.32. The van der Waals surface area contributed by atoms with Gasteiger partial charge in [0, 0.05) is 42.8 Å². The molecule has 0 amide bonds. The average molecular weight is 285 g/mol. The van der Waals surface area contributed by atoms with E-state index in [0.717, 1.165) is 6.42 Å². The van der Waals surface area contributed by atoms with E-state index in [1.165, 1.54) is 66.9 Å². The van der Waals surface area contributed by atoms with Gasteiger partial charge in [0.05, 0.1) is 0 Å². The zero-order valence-corrected chi connectivity index (χ0v) is 13.6. The maximum absolute atomic E-state index is 3.65. The first-order valence-electron chi connectivity index (χ1n) is 8.13. The van der Waals surface area contributed by atoms with Crippen LogP contribution in [0, 0.1) is 13.8 Å². The lowest BCUT2D eigenvalue weighted by atomic mass is 10.1. The molecule has 2 aromatic rings. The van der Waals surface area contributed by atoms with Crippen molar-refractivity contribution in [2.75, 3.05) is 39.8 Å². The number of benzene rings is 1. The molecular formula is C18H27N3. The quantitative estimate of drug-likeness (QED) is 0.933. The third-order valence-electron chi connectivity index (χ3n) is 4.90. The van der Waals surface area contributed by atoms with Crippen molar-refractivity contribution in [3.8, 4) is 0 Å². The molecule has 114 valence electrons. The molecule has 3 rings (SSSR count). The van der Waals surface area contributed by atoms with Crippen molar-refractivity contribution in [1.29, 1.82) is 0 Å². The summed E-state index contributed by atoms with van der Waals surface area (Å²) in [4.78, 5) is 8.67. The lowest BCUT2D eigenvalue weighted by Crippen LogP contribution is -2.44. The van der Waals surface area contributed by atoms with E-state index < -0.39 is 0 Å². The second kappa shape index (κ2) is 6.20. The highest BCUT2D eigenvalue weighted by atomic mass is 15.2. The van der Waals surface area contributed by atoms with Crippen LogP contribution in [0.2, 0.25) is 0 Å². The molecule has 1 aliphatic heterocycles. The van der Waals surface area contributed by atoms with Gasteiger partial charge in [0.25, 0.3) is 0 Å². The average Bonchev–Trinajstić information content (AvgIpc) is 2.80. The summed E-state index contributed by atoms with van der Waals surface area (Å²) in [5, 5.41) is 1.39. The molecule has 1 aromatic heterocycles. The molecule has 0 spiro atoms. The monoisotopic (exact) mass is 285 g/mol. The van der Waals surface area contributed by atoms with Crippen LogP contribution >= 0.6 is 0 Å². The number of hydrogen-bond acceptors (Lipinski definition) is 2. The number of para-hydroxylation sites is 1. The molecule has 0 unspecified atom stereocenters. The molecule has 21 heavy (non-hydrogen) atoms. The van der Waals surface area contributed by atoms with Crippen LogP contribution in [0.5, 0.6) is 0 Å². The van der Waals surface area contributed by atoms with Crippen molar-refractivity contribution in [2.45, 2.75) is 26.7 Å². The summed E-state index contributed by atoms with van der Waals surface area (Å²) >= 11 is 0. The normalized spacial score (nSPS) is 17.7. The first kappa shape index (κ1) is 14.6. The third-order valence-corrected chi connectivity index (χ3v) is 4.90.